The summed E-state index contributed by atoms with van der Waals surface area (Å²) in [5.74, 6) is -0.220. The highest BCUT2D eigenvalue weighted by Gasteiger charge is 2.08. The lowest BCUT2D eigenvalue weighted by Gasteiger charge is -2.05. The zero-order valence-corrected chi connectivity index (χ0v) is 9.18. The molecule has 0 aliphatic heterocycles. The number of aromatic nitrogens is 3. The molecule has 0 aliphatic carbocycles. The molecule has 5 nitrogen and oxygen atoms in total. The largest absolute Gasteiger partial charge is 0.271 e. The van der Waals surface area contributed by atoms with E-state index in [0.29, 0.717) is 5.56 Å². The van der Waals surface area contributed by atoms with Crippen LogP contribution < -0.4 is 5.43 Å². The summed E-state index contributed by atoms with van der Waals surface area (Å²) >= 11 is 3.30. The summed E-state index contributed by atoms with van der Waals surface area (Å²) in [6.07, 6.45) is 2.82. The molecule has 0 fully saturated rings. The Hall–Kier alpha value is -1.69. The molecule has 0 spiro atoms. The van der Waals surface area contributed by atoms with Crippen LogP contribution in [0.4, 0.5) is 0 Å². The van der Waals surface area contributed by atoms with Crippen LogP contribution in [0.3, 0.4) is 0 Å². The predicted octanol–water partition coefficient (Wildman–Crippen LogP) is 1.42. The normalized spacial score (nSPS) is 9.93. The molecule has 6 heteroatoms. The average molecular weight is 267 g/mol. The van der Waals surface area contributed by atoms with Crippen LogP contribution in [-0.4, -0.2) is 20.8 Å². The second-order valence-electron chi connectivity index (χ2n) is 2.79. The van der Waals surface area contributed by atoms with Crippen molar-refractivity contribution < 1.29 is 4.79 Å². The summed E-state index contributed by atoms with van der Waals surface area (Å²) in [5.41, 5.74) is 3.16. The van der Waals surface area contributed by atoms with Crippen LogP contribution in [0.25, 0.3) is 0 Å². The lowest BCUT2D eigenvalue weighted by Crippen LogP contribution is -2.21. The van der Waals surface area contributed by atoms with E-state index in [9.17, 15) is 4.79 Å². The summed E-state index contributed by atoms with van der Waals surface area (Å²) in [7, 11) is 0. The maximum absolute atomic E-state index is 11.7. The number of halogens is 1. The first-order valence-corrected chi connectivity index (χ1v) is 4.97. The molecule has 0 atom stereocenters. The van der Waals surface area contributed by atoms with Gasteiger partial charge in [-0.05, 0) is 28.1 Å². The second-order valence-corrected chi connectivity index (χ2v) is 3.64. The van der Waals surface area contributed by atoms with Crippen LogP contribution in [0.15, 0.2) is 41.4 Å². The molecular formula is C9H7BrN4O. The van der Waals surface area contributed by atoms with Crippen LogP contribution in [0, 0.1) is 0 Å². The molecule has 1 N–H and O–H groups in total. The summed E-state index contributed by atoms with van der Waals surface area (Å²) < 4.78 is 2.14. The third-order valence-electron chi connectivity index (χ3n) is 1.77. The van der Waals surface area contributed by atoms with E-state index in [0.717, 1.165) is 4.47 Å². The van der Waals surface area contributed by atoms with E-state index >= 15 is 0 Å². The number of nitrogens with zero attached hydrogens (tertiary/aromatic N) is 3. The van der Waals surface area contributed by atoms with Crippen LogP contribution in [0.1, 0.15) is 10.4 Å². The monoisotopic (exact) mass is 266 g/mol. The maximum Gasteiger partial charge on any atom is 0.271 e. The molecule has 15 heavy (non-hydrogen) atoms. The highest BCUT2D eigenvalue weighted by Crippen LogP contribution is 2.15. The van der Waals surface area contributed by atoms with Gasteiger partial charge in [-0.2, -0.15) is 0 Å². The first-order valence-electron chi connectivity index (χ1n) is 4.18. The molecule has 0 aliphatic rings. The Labute approximate surface area is 94.2 Å². The van der Waals surface area contributed by atoms with Crippen molar-refractivity contribution in [3.63, 3.8) is 0 Å². The van der Waals surface area contributed by atoms with Crippen molar-refractivity contribution in [1.82, 2.24) is 14.9 Å². The Bertz CT molecular complexity index is 469. The molecule has 1 aromatic heterocycles. The molecule has 1 amide bonds. The Morgan fingerprint density at radius 2 is 1.93 bits per heavy atom. The first kappa shape index (κ1) is 9.85. The quantitative estimate of drug-likeness (QED) is 0.895. The second kappa shape index (κ2) is 4.22. The molecule has 76 valence electrons. The van der Waals surface area contributed by atoms with E-state index in [4.69, 9.17) is 0 Å². The minimum atomic E-state index is -0.220. The van der Waals surface area contributed by atoms with E-state index in [-0.39, 0.29) is 5.91 Å². The minimum absolute atomic E-state index is 0.220. The van der Waals surface area contributed by atoms with Gasteiger partial charge in [0, 0.05) is 4.47 Å². The number of hydrogen-bond acceptors (Lipinski definition) is 3. The molecule has 0 saturated heterocycles. The number of hydrogen-bond donors (Lipinski definition) is 1. The average Bonchev–Trinajstić information content (AvgIpc) is 2.71. The summed E-state index contributed by atoms with van der Waals surface area (Å²) in [5, 5.41) is 7.16. The molecule has 0 saturated carbocycles. The van der Waals surface area contributed by atoms with Crippen molar-refractivity contribution in [1.29, 1.82) is 0 Å². The van der Waals surface area contributed by atoms with Crippen molar-refractivity contribution in [2.45, 2.75) is 0 Å². The number of carbonyl (C=O) groups excluding carboxylic acids is 1. The Morgan fingerprint density at radius 3 is 2.60 bits per heavy atom. The van der Waals surface area contributed by atoms with Gasteiger partial charge in [0.25, 0.3) is 5.91 Å². The fraction of sp³-hybridized carbons (Fsp3) is 0. The standard InChI is InChI=1S/C9H7BrN4O/c10-8-4-2-1-3-7(8)9(15)13-14-5-11-12-6-14/h1-6H,(H,13,15). The van der Waals surface area contributed by atoms with Crippen molar-refractivity contribution >= 4 is 21.8 Å². The van der Waals surface area contributed by atoms with Gasteiger partial charge in [-0.15, -0.1) is 10.2 Å². The third kappa shape index (κ3) is 2.21. The van der Waals surface area contributed by atoms with Crippen molar-refractivity contribution in [2.24, 2.45) is 0 Å². The summed E-state index contributed by atoms with van der Waals surface area (Å²) in [4.78, 5) is 11.7. The molecule has 0 radical (unpaired) electrons. The topological polar surface area (TPSA) is 59.8 Å². The molecule has 0 bridgehead atoms. The zero-order valence-electron chi connectivity index (χ0n) is 7.59. The highest BCUT2D eigenvalue weighted by atomic mass is 79.9. The summed E-state index contributed by atoms with van der Waals surface area (Å²) in [6, 6.07) is 7.18. The molecule has 1 heterocycles. The number of nitrogens with one attached hydrogen (secondary N) is 1. The number of amides is 1. The Morgan fingerprint density at radius 1 is 1.27 bits per heavy atom. The summed E-state index contributed by atoms with van der Waals surface area (Å²) in [6.45, 7) is 0. The van der Waals surface area contributed by atoms with Crippen molar-refractivity contribution in [3.05, 3.63) is 47.0 Å². The molecule has 1 aromatic carbocycles. The van der Waals surface area contributed by atoms with Gasteiger partial charge in [-0.3, -0.25) is 10.2 Å². The van der Waals surface area contributed by atoms with Gasteiger partial charge in [0.2, 0.25) is 0 Å². The maximum atomic E-state index is 11.7. The molecule has 2 rings (SSSR count). The third-order valence-corrected chi connectivity index (χ3v) is 2.46. The highest BCUT2D eigenvalue weighted by molar-refractivity contribution is 9.10. The smallest absolute Gasteiger partial charge is 0.267 e. The number of rotatable bonds is 2. The van der Waals surface area contributed by atoms with E-state index in [1.807, 2.05) is 6.07 Å². The van der Waals surface area contributed by atoms with Gasteiger partial charge >= 0.3 is 0 Å². The lowest BCUT2D eigenvalue weighted by molar-refractivity contribution is 0.101. The first-order chi connectivity index (χ1) is 7.27. The molecule has 0 unspecified atom stereocenters. The van der Waals surface area contributed by atoms with E-state index < -0.39 is 0 Å². The fourth-order valence-electron chi connectivity index (χ4n) is 1.08. The van der Waals surface area contributed by atoms with Gasteiger partial charge in [-0.1, -0.05) is 12.1 Å². The van der Waals surface area contributed by atoms with E-state index in [2.05, 4.69) is 31.6 Å². The Kier molecular flexibility index (Phi) is 2.77. The van der Waals surface area contributed by atoms with Gasteiger partial charge in [0.1, 0.15) is 12.7 Å². The lowest BCUT2D eigenvalue weighted by atomic mass is 10.2. The van der Waals surface area contributed by atoms with Crippen molar-refractivity contribution in [3.8, 4) is 0 Å². The van der Waals surface area contributed by atoms with Gasteiger partial charge in [-0.25, -0.2) is 4.68 Å². The van der Waals surface area contributed by atoms with Crippen LogP contribution in [0.2, 0.25) is 0 Å². The molecule has 2 aromatic rings. The Balaban J connectivity index is 2.19. The van der Waals surface area contributed by atoms with Gasteiger partial charge in [0.15, 0.2) is 0 Å². The molecular weight excluding hydrogens is 260 g/mol. The number of carbonyl (C=O) groups is 1. The predicted molar refractivity (Wildman–Crippen MR) is 57.9 cm³/mol. The fourth-order valence-corrected chi connectivity index (χ4v) is 1.55. The van der Waals surface area contributed by atoms with Gasteiger partial charge < -0.3 is 0 Å². The van der Waals surface area contributed by atoms with Gasteiger partial charge in [0.05, 0.1) is 5.56 Å². The van der Waals surface area contributed by atoms with E-state index in [1.54, 1.807) is 18.2 Å². The SMILES string of the molecule is O=C(Nn1cnnc1)c1ccccc1Br. The number of benzene rings is 1. The minimum Gasteiger partial charge on any atom is -0.267 e. The van der Waals surface area contributed by atoms with Crippen LogP contribution in [-0.2, 0) is 0 Å². The zero-order chi connectivity index (χ0) is 10.7. The van der Waals surface area contributed by atoms with Crippen LogP contribution >= 0.6 is 15.9 Å². The van der Waals surface area contributed by atoms with E-state index in [1.165, 1.54) is 17.3 Å². The van der Waals surface area contributed by atoms with Crippen LogP contribution in [0.5, 0.6) is 0 Å². The van der Waals surface area contributed by atoms with Crippen molar-refractivity contribution in [2.75, 3.05) is 5.43 Å².